The number of carbonyl (C=O) groups is 4. The Balaban J connectivity index is 0.000000703. The van der Waals surface area contributed by atoms with E-state index in [1.807, 2.05) is 72.8 Å². The number of carbonyl (C=O) groups excluding carboxylic acids is 4. The minimum absolute atomic E-state index is 0. The molecule has 0 amide bonds. The maximum absolute atomic E-state index is 12.5. The number of methoxy groups -OCH3 is 6. The molecule has 10 nitrogen and oxygen atoms in total. The fraction of sp³-hybridized carbons (Fsp3) is 0.185. The van der Waals surface area contributed by atoms with Gasteiger partial charge in [0.1, 0.15) is 43.3 Å². The molecular formula is C54H54BF4O10P2Rh+. The van der Waals surface area contributed by atoms with E-state index in [1.165, 1.54) is 54.1 Å². The molecule has 0 unspecified atom stereocenters. The summed E-state index contributed by atoms with van der Waals surface area (Å²) in [7, 11) is -1.25. The predicted octanol–water partition coefficient (Wildman–Crippen LogP) is 9.47. The Kier molecular flexibility index (Phi) is 23.0. The Bertz CT molecular complexity index is 2490. The van der Waals surface area contributed by atoms with Gasteiger partial charge in [-0.25, -0.2) is 19.2 Å². The molecule has 1 aliphatic carbocycles. The molecule has 18 heteroatoms. The Morgan fingerprint density at radius 3 is 0.806 bits per heavy atom. The summed E-state index contributed by atoms with van der Waals surface area (Å²) in [5, 5.41) is 5.73. The van der Waals surface area contributed by atoms with Gasteiger partial charge >= 0.3 is 31.1 Å². The molecule has 0 heterocycles. The summed E-state index contributed by atoms with van der Waals surface area (Å²) in [5.41, 5.74) is 3.26. The van der Waals surface area contributed by atoms with E-state index in [4.69, 9.17) is 28.4 Å². The van der Waals surface area contributed by atoms with Crippen LogP contribution in [0.4, 0.5) is 17.3 Å². The van der Waals surface area contributed by atoms with Crippen molar-refractivity contribution in [3.05, 3.63) is 180 Å². The molecule has 72 heavy (non-hydrogen) atoms. The van der Waals surface area contributed by atoms with E-state index in [0.717, 1.165) is 43.0 Å². The summed E-state index contributed by atoms with van der Waals surface area (Å²) in [5.74, 6) is -0.581. The van der Waals surface area contributed by atoms with Crippen LogP contribution in [0.5, 0.6) is 11.5 Å². The monoisotopic (exact) mass is 1110 g/mol. The van der Waals surface area contributed by atoms with Crippen LogP contribution in [0, 0.1) is 0 Å². The third-order valence-corrected chi connectivity index (χ3v) is 16.5. The number of allylic oxidation sites excluding steroid dienone is 4. The summed E-state index contributed by atoms with van der Waals surface area (Å²) in [4.78, 5) is 50.0. The normalized spacial score (nSPS) is 12.7. The van der Waals surface area contributed by atoms with Crippen LogP contribution in [-0.2, 0) is 38.4 Å². The van der Waals surface area contributed by atoms with Crippen LogP contribution >= 0.6 is 15.8 Å². The van der Waals surface area contributed by atoms with Gasteiger partial charge in [0.25, 0.3) is 0 Å². The van der Waals surface area contributed by atoms with Gasteiger partial charge in [0, 0.05) is 19.5 Å². The van der Waals surface area contributed by atoms with Crippen molar-refractivity contribution < 1.29 is 84.3 Å². The molecule has 379 valence electrons. The first-order chi connectivity index (χ1) is 34.2. The van der Waals surface area contributed by atoms with Gasteiger partial charge in [-0.15, -0.1) is 0 Å². The minimum Gasteiger partial charge on any atom is -0.496 e. The number of hydrogen-bond acceptors (Lipinski definition) is 10. The third kappa shape index (κ3) is 15.8. The van der Waals surface area contributed by atoms with Crippen molar-refractivity contribution in [2.45, 2.75) is 25.7 Å². The summed E-state index contributed by atoms with van der Waals surface area (Å²) < 4.78 is 71.4. The molecule has 0 aliphatic heterocycles. The molecule has 1 aliphatic rings. The summed E-state index contributed by atoms with van der Waals surface area (Å²) in [6.45, 7) is 0. The first-order valence-corrected chi connectivity index (χ1v) is 25.2. The van der Waals surface area contributed by atoms with E-state index < -0.39 is 47.0 Å². The quantitative estimate of drug-likeness (QED) is 0.0276. The van der Waals surface area contributed by atoms with E-state index in [9.17, 15) is 36.4 Å². The number of halogens is 4. The second-order valence-corrected chi connectivity index (χ2v) is 20.3. The number of benzene rings is 6. The fourth-order valence-electron chi connectivity index (χ4n) is 7.71. The van der Waals surface area contributed by atoms with Gasteiger partial charge in [-0.05, 0) is 147 Å². The van der Waals surface area contributed by atoms with Gasteiger partial charge in [0.2, 0.25) is 0 Å². The smallest absolute Gasteiger partial charge is 0.496 e. The SMILES string of the molecule is C1=C\CC/C=C\CC/1.COC(=O)c1ccc([PH+](c2ccc(C(=O)OC)cc2)c2cccc(OC)c2-c2c(OC)cccc2[PH+](c2ccc(C(=O)OC)cc2)c2ccc(C(=O)OC)cc2)cc1.F[B-](F)(F)F.[Rh]. The van der Waals surface area contributed by atoms with Crippen LogP contribution in [0.2, 0.25) is 0 Å². The van der Waals surface area contributed by atoms with Crippen LogP contribution < -0.4 is 41.3 Å². The number of esters is 4. The second-order valence-electron chi connectivity index (χ2n) is 15.4. The number of rotatable bonds is 13. The van der Waals surface area contributed by atoms with Crippen molar-refractivity contribution in [2.24, 2.45) is 0 Å². The predicted molar refractivity (Wildman–Crippen MR) is 277 cm³/mol. The van der Waals surface area contributed by atoms with Gasteiger partial charge < -0.3 is 45.7 Å². The molecule has 6 aromatic rings. The Morgan fingerprint density at radius 1 is 0.389 bits per heavy atom. The van der Waals surface area contributed by atoms with Crippen LogP contribution in [0.25, 0.3) is 11.1 Å². The number of ether oxygens (including phenoxy) is 6. The molecule has 0 bridgehead atoms. The summed E-state index contributed by atoms with van der Waals surface area (Å²) in [6.07, 6.45) is 14.0. The molecule has 1 radical (unpaired) electrons. The van der Waals surface area contributed by atoms with Gasteiger partial charge in [0.05, 0.1) is 91.9 Å². The largest absolute Gasteiger partial charge is 0.673 e. The Morgan fingerprint density at radius 2 is 0.611 bits per heavy atom. The third-order valence-electron chi connectivity index (χ3n) is 11.0. The van der Waals surface area contributed by atoms with Crippen LogP contribution in [0.1, 0.15) is 67.1 Å². The van der Waals surface area contributed by atoms with E-state index in [1.54, 1.807) is 62.8 Å². The Labute approximate surface area is 432 Å². The summed E-state index contributed by atoms with van der Waals surface area (Å²) in [6, 6.07) is 41.3. The van der Waals surface area contributed by atoms with E-state index in [-0.39, 0.29) is 19.5 Å². The van der Waals surface area contributed by atoms with Crippen LogP contribution in [-0.4, -0.2) is 73.8 Å². The van der Waals surface area contributed by atoms with E-state index >= 15 is 0 Å². The van der Waals surface area contributed by atoms with Crippen LogP contribution in [0.15, 0.2) is 158 Å². The molecule has 0 saturated carbocycles. The average Bonchev–Trinajstić information content (AvgIpc) is 3.38. The first-order valence-electron chi connectivity index (χ1n) is 22.2. The van der Waals surface area contributed by atoms with Gasteiger partial charge in [0.15, 0.2) is 0 Å². The zero-order valence-electron chi connectivity index (χ0n) is 40.3. The van der Waals surface area contributed by atoms with Crippen molar-refractivity contribution in [3.8, 4) is 22.6 Å². The maximum atomic E-state index is 12.5. The number of hydrogen-bond donors (Lipinski definition) is 0. The van der Waals surface area contributed by atoms with E-state index in [0.29, 0.717) is 33.8 Å². The molecule has 0 aromatic heterocycles. The zero-order chi connectivity index (χ0) is 51.5. The zero-order valence-corrected chi connectivity index (χ0v) is 44.0. The molecular weight excluding hydrogens is 1060 g/mol. The molecule has 0 atom stereocenters. The molecule has 6 aromatic carbocycles. The van der Waals surface area contributed by atoms with Crippen molar-refractivity contribution in [2.75, 3.05) is 42.7 Å². The van der Waals surface area contributed by atoms with Gasteiger partial charge in [-0.1, -0.05) is 36.4 Å². The van der Waals surface area contributed by atoms with Gasteiger partial charge in [-0.2, -0.15) is 0 Å². The van der Waals surface area contributed by atoms with E-state index in [2.05, 4.69) is 36.4 Å². The van der Waals surface area contributed by atoms with Crippen molar-refractivity contribution in [3.63, 3.8) is 0 Å². The van der Waals surface area contributed by atoms with Crippen LogP contribution in [0.3, 0.4) is 0 Å². The fourth-order valence-corrected chi connectivity index (χ4v) is 13.1. The molecule has 0 N–H and O–H groups in total. The molecule has 0 spiro atoms. The van der Waals surface area contributed by atoms with Crippen molar-refractivity contribution >= 4 is 78.8 Å². The standard InChI is InChI=1S/C46H40O10P2.C8H12.BF4.Rh/c1-51-37-9-7-11-39(57(33-21-13-29(14-22-33)43(47)53-3)34-23-15-30(16-24-34)44(48)54-4)41(37)42-38(52-2)10-8-12-40(42)58(35-25-17-31(18-26-35)45(49)55-5)36-27-19-32(20-28-36)46(50)56-6;1-2-4-6-8-7-5-3-1;2-1(3,4)5;/h7-28H,1-6H3;1-2,7-8H,3-6H2;;/q;;-1;/p+2/b;2-1-,8-7-;;. The molecule has 0 saturated heterocycles. The topological polar surface area (TPSA) is 124 Å². The first kappa shape index (κ1) is 58.1. The second kappa shape index (κ2) is 28.6. The van der Waals surface area contributed by atoms with Gasteiger partial charge in [-0.3, -0.25) is 0 Å². The van der Waals surface area contributed by atoms with Crippen molar-refractivity contribution in [1.82, 2.24) is 0 Å². The Hall–Kier alpha value is -6.45. The molecule has 7 rings (SSSR count). The summed E-state index contributed by atoms with van der Waals surface area (Å²) >= 11 is 0. The maximum Gasteiger partial charge on any atom is 0.673 e. The minimum atomic E-state index is -6.00. The molecule has 0 fully saturated rings. The average molecular weight is 1110 g/mol. The van der Waals surface area contributed by atoms with Crippen molar-refractivity contribution in [1.29, 1.82) is 0 Å².